The lowest BCUT2D eigenvalue weighted by molar-refractivity contribution is -0.116. The van der Waals surface area contributed by atoms with Crippen LogP contribution in [-0.4, -0.2) is 20.6 Å². The first-order chi connectivity index (χ1) is 14.1. The molecule has 0 aliphatic heterocycles. The van der Waals surface area contributed by atoms with Crippen LogP contribution in [0.2, 0.25) is 0 Å². The molecular formula is C22H19FN4O2. The van der Waals surface area contributed by atoms with Gasteiger partial charge in [-0.15, -0.1) is 0 Å². The summed E-state index contributed by atoms with van der Waals surface area (Å²) in [6.07, 6.45) is 2.72. The van der Waals surface area contributed by atoms with Crippen LogP contribution in [0.25, 0.3) is 23.0 Å². The van der Waals surface area contributed by atoms with Crippen molar-refractivity contribution in [2.75, 3.05) is 5.32 Å². The standard InChI is InChI=1S/C22H19FN4O2/c1-2-15-5-11-18(12-6-15)24-20(28)14-27-13-3-4-19(27)22-25-21(26-29-22)16-7-9-17(23)10-8-16/h3-13H,2,14H2,1H3,(H,24,28). The third-order valence-electron chi connectivity index (χ3n) is 4.54. The molecule has 0 saturated heterocycles. The van der Waals surface area contributed by atoms with Gasteiger partial charge < -0.3 is 14.4 Å². The van der Waals surface area contributed by atoms with Crippen molar-refractivity contribution in [2.45, 2.75) is 19.9 Å². The molecule has 6 nitrogen and oxygen atoms in total. The fourth-order valence-corrected chi connectivity index (χ4v) is 2.97. The molecule has 7 heteroatoms. The summed E-state index contributed by atoms with van der Waals surface area (Å²) in [4.78, 5) is 16.8. The Bertz CT molecular complexity index is 1110. The summed E-state index contributed by atoms with van der Waals surface area (Å²) in [5.41, 5.74) is 3.23. The fourth-order valence-electron chi connectivity index (χ4n) is 2.97. The van der Waals surface area contributed by atoms with E-state index < -0.39 is 0 Å². The van der Waals surface area contributed by atoms with Gasteiger partial charge in [-0.05, 0) is 60.5 Å². The maximum Gasteiger partial charge on any atom is 0.274 e. The van der Waals surface area contributed by atoms with E-state index in [1.54, 1.807) is 35.0 Å². The molecule has 4 aromatic rings. The van der Waals surface area contributed by atoms with Gasteiger partial charge in [0.25, 0.3) is 5.89 Å². The number of nitrogens with zero attached hydrogens (tertiary/aromatic N) is 3. The van der Waals surface area contributed by atoms with Gasteiger partial charge in [0.1, 0.15) is 18.1 Å². The van der Waals surface area contributed by atoms with Crippen LogP contribution in [-0.2, 0) is 17.8 Å². The number of halogens is 1. The number of benzene rings is 2. The average molecular weight is 390 g/mol. The molecule has 0 radical (unpaired) electrons. The normalized spacial score (nSPS) is 10.8. The van der Waals surface area contributed by atoms with Gasteiger partial charge in [0.15, 0.2) is 0 Å². The summed E-state index contributed by atoms with van der Waals surface area (Å²) in [6.45, 7) is 2.19. The summed E-state index contributed by atoms with van der Waals surface area (Å²) in [5, 5.41) is 6.84. The molecule has 1 N–H and O–H groups in total. The summed E-state index contributed by atoms with van der Waals surface area (Å²) in [7, 11) is 0. The number of amides is 1. The zero-order valence-corrected chi connectivity index (χ0v) is 15.8. The molecule has 29 heavy (non-hydrogen) atoms. The van der Waals surface area contributed by atoms with Gasteiger partial charge in [-0.2, -0.15) is 4.98 Å². The van der Waals surface area contributed by atoms with E-state index in [1.807, 2.05) is 24.3 Å². The summed E-state index contributed by atoms with van der Waals surface area (Å²) < 4.78 is 20.2. The highest BCUT2D eigenvalue weighted by Gasteiger charge is 2.15. The molecule has 0 aliphatic carbocycles. The van der Waals surface area contributed by atoms with Gasteiger partial charge in [0.2, 0.25) is 11.7 Å². The van der Waals surface area contributed by atoms with E-state index >= 15 is 0 Å². The van der Waals surface area contributed by atoms with Gasteiger partial charge in [0, 0.05) is 17.4 Å². The first kappa shape index (κ1) is 18.6. The van der Waals surface area contributed by atoms with Crippen LogP contribution in [0.3, 0.4) is 0 Å². The Labute approximate surface area is 167 Å². The number of anilines is 1. The number of hydrogen-bond acceptors (Lipinski definition) is 4. The predicted octanol–water partition coefficient (Wildman–Crippen LogP) is 4.55. The Balaban J connectivity index is 1.48. The topological polar surface area (TPSA) is 73.0 Å². The van der Waals surface area contributed by atoms with Gasteiger partial charge in [-0.1, -0.05) is 24.2 Å². The second-order valence-corrected chi connectivity index (χ2v) is 6.55. The van der Waals surface area contributed by atoms with Crippen LogP contribution in [0, 0.1) is 5.82 Å². The Morgan fingerprint density at radius 2 is 1.86 bits per heavy atom. The fraction of sp³-hybridized carbons (Fsp3) is 0.136. The van der Waals surface area contributed by atoms with E-state index in [2.05, 4.69) is 22.4 Å². The van der Waals surface area contributed by atoms with E-state index in [0.717, 1.165) is 12.1 Å². The van der Waals surface area contributed by atoms with Crippen LogP contribution in [0.15, 0.2) is 71.4 Å². The summed E-state index contributed by atoms with van der Waals surface area (Å²) >= 11 is 0. The lowest BCUT2D eigenvalue weighted by Crippen LogP contribution is -2.18. The second kappa shape index (κ2) is 8.10. The molecule has 0 spiro atoms. The van der Waals surface area contributed by atoms with Crippen molar-refractivity contribution in [3.05, 3.63) is 78.2 Å². The van der Waals surface area contributed by atoms with Crippen molar-refractivity contribution < 1.29 is 13.7 Å². The van der Waals surface area contributed by atoms with Crippen molar-refractivity contribution in [2.24, 2.45) is 0 Å². The molecule has 2 aromatic carbocycles. The van der Waals surface area contributed by atoms with Crippen molar-refractivity contribution in [1.82, 2.24) is 14.7 Å². The quantitative estimate of drug-likeness (QED) is 0.524. The second-order valence-electron chi connectivity index (χ2n) is 6.55. The van der Waals surface area contributed by atoms with Crippen molar-refractivity contribution in [3.63, 3.8) is 0 Å². The molecule has 0 bridgehead atoms. The third-order valence-corrected chi connectivity index (χ3v) is 4.54. The minimum Gasteiger partial charge on any atom is -0.334 e. The van der Waals surface area contributed by atoms with E-state index in [0.29, 0.717) is 17.1 Å². The van der Waals surface area contributed by atoms with Crippen molar-refractivity contribution in [1.29, 1.82) is 0 Å². The highest BCUT2D eigenvalue weighted by atomic mass is 19.1. The zero-order valence-electron chi connectivity index (χ0n) is 15.8. The first-order valence-electron chi connectivity index (χ1n) is 9.26. The Morgan fingerprint density at radius 1 is 1.10 bits per heavy atom. The molecule has 0 fully saturated rings. The van der Waals surface area contributed by atoms with Crippen LogP contribution in [0.4, 0.5) is 10.1 Å². The molecule has 1 amide bonds. The van der Waals surface area contributed by atoms with Gasteiger partial charge in [-0.3, -0.25) is 4.79 Å². The van der Waals surface area contributed by atoms with Gasteiger partial charge in [0.05, 0.1) is 0 Å². The number of carbonyl (C=O) groups excluding carboxylic acids is 1. The van der Waals surface area contributed by atoms with Crippen LogP contribution in [0.1, 0.15) is 12.5 Å². The number of carbonyl (C=O) groups is 1. The minimum absolute atomic E-state index is 0.103. The van der Waals surface area contributed by atoms with Gasteiger partial charge in [-0.25, -0.2) is 4.39 Å². The molecule has 0 aliphatic rings. The largest absolute Gasteiger partial charge is 0.334 e. The van der Waals surface area contributed by atoms with Crippen LogP contribution < -0.4 is 5.32 Å². The summed E-state index contributed by atoms with van der Waals surface area (Å²) in [5.74, 6) is 0.148. The number of nitrogens with one attached hydrogen (secondary N) is 1. The van der Waals surface area contributed by atoms with E-state index in [-0.39, 0.29) is 24.2 Å². The molecule has 0 saturated carbocycles. The molecular weight excluding hydrogens is 371 g/mol. The maximum absolute atomic E-state index is 13.1. The summed E-state index contributed by atoms with van der Waals surface area (Å²) in [6, 6.07) is 17.2. The van der Waals surface area contributed by atoms with E-state index in [4.69, 9.17) is 4.52 Å². The maximum atomic E-state index is 13.1. The highest BCUT2D eigenvalue weighted by Crippen LogP contribution is 2.23. The van der Waals surface area contributed by atoms with E-state index in [9.17, 15) is 9.18 Å². The lowest BCUT2D eigenvalue weighted by atomic mass is 10.1. The first-order valence-corrected chi connectivity index (χ1v) is 9.26. The number of hydrogen-bond donors (Lipinski definition) is 1. The molecule has 2 aromatic heterocycles. The highest BCUT2D eigenvalue weighted by molar-refractivity contribution is 5.90. The Morgan fingerprint density at radius 3 is 2.59 bits per heavy atom. The Kier molecular flexibility index (Phi) is 5.20. The SMILES string of the molecule is CCc1ccc(NC(=O)Cn2cccc2-c2nc(-c3ccc(F)cc3)no2)cc1. The van der Waals surface area contributed by atoms with Gasteiger partial charge >= 0.3 is 0 Å². The lowest BCUT2D eigenvalue weighted by Gasteiger charge is -2.08. The van der Waals surface area contributed by atoms with E-state index in [1.165, 1.54) is 17.7 Å². The third kappa shape index (κ3) is 4.24. The van der Waals surface area contributed by atoms with Crippen LogP contribution in [0.5, 0.6) is 0 Å². The monoisotopic (exact) mass is 390 g/mol. The molecule has 146 valence electrons. The molecule has 2 heterocycles. The Hall–Kier alpha value is -3.74. The number of aromatic nitrogens is 3. The number of rotatable bonds is 6. The van der Waals surface area contributed by atoms with Crippen molar-refractivity contribution in [3.8, 4) is 23.0 Å². The molecule has 4 rings (SSSR count). The average Bonchev–Trinajstić information content (AvgIpc) is 3.38. The van der Waals surface area contributed by atoms with Crippen molar-refractivity contribution >= 4 is 11.6 Å². The molecule has 0 unspecified atom stereocenters. The minimum atomic E-state index is -0.332. The molecule has 0 atom stereocenters. The zero-order chi connectivity index (χ0) is 20.2. The van der Waals surface area contributed by atoms with Crippen LogP contribution >= 0.6 is 0 Å². The smallest absolute Gasteiger partial charge is 0.274 e. The predicted molar refractivity (Wildman–Crippen MR) is 108 cm³/mol. The number of aryl methyl sites for hydroxylation is 1.